The Labute approximate surface area is 167 Å². The molecule has 1 fully saturated rings. The van der Waals surface area contributed by atoms with E-state index in [0.717, 1.165) is 49.2 Å². The summed E-state index contributed by atoms with van der Waals surface area (Å²) in [6, 6.07) is 4.00. The minimum Gasteiger partial charge on any atom is -0.493 e. The molecule has 6 heteroatoms. The maximum Gasteiger partial charge on any atom is 0.224 e. The largest absolute Gasteiger partial charge is 0.493 e. The van der Waals surface area contributed by atoms with Crippen molar-refractivity contribution in [1.82, 2.24) is 5.32 Å². The summed E-state index contributed by atoms with van der Waals surface area (Å²) < 4.78 is 11.8. The fourth-order valence-electron chi connectivity index (χ4n) is 3.81. The van der Waals surface area contributed by atoms with Crippen molar-refractivity contribution >= 4 is 11.6 Å². The number of rotatable bonds is 9. The monoisotopic (exact) mass is 388 g/mol. The molecule has 1 aromatic carbocycles. The maximum absolute atomic E-state index is 11.8. The van der Waals surface area contributed by atoms with Gasteiger partial charge in [-0.1, -0.05) is 25.0 Å². The molecule has 1 aliphatic carbocycles. The Balaban J connectivity index is 1.53. The highest BCUT2D eigenvalue weighted by atomic mass is 16.5. The van der Waals surface area contributed by atoms with Crippen LogP contribution in [-0.4, -0.2) is 42.9 Å². The highest BCUT2D eigenvalue weighted by Gasteiger charge is 2.23. The van der Waals surface area contributed by atoms with Gasteiger partial charge in [-0.3, -0.25) is 4.79 Å². The first-order valence-corrected chi connectivity index (χ1v) is 10.4. The standard InChI is InChI=1S/C22H32N2O4/c1-2-3-14-28-20-11-10-19(16-9-12-21(26)24-22(16)20)27-15-6-13-23-17-7-4-5-8-18(17)25/h2-3,10-11,17-18,23,25H,4-9,12-15H2,1H3,(H,24,26). The highest BCUT2D eigenvalue weighted by Crippen LogP contribution is 2.39. The van der Waals surface area contributed by atoms with Crippen LogP contribution in [0.2, 0.25) is 0 Å². The number of amides is 1. The summed E-state index contributed by atoms with van der Waals surface area (Å²) in [5.74, 6) is 1.50. The van der Waals surface area contributed by atoms with Gasteiger partial charge in [0.15, 0.2) is 0 Å². The number of aliphatic hydroxyl groups excluding tert-OH is 1. The van der Waals surface area contributed by atoms with Crippen LogP contribution in [0.15, 0.2) is 24.3 Å². The molecule has 0 radical (unpaired) electrons. The molecule has 2 aliphatic rings. The Kier molecular flexibility index (Phi) is 7.74. The molecular weight excluding hydrogens is 356 g/mol. The van der Waals surface area contributed by atoms with E-state index in [0.29, 0.717) is 31.8 Å². The van der Waals surface area contributed by atoms with Gasteiger partial charge in [0.1, 0.15) is 18.1 Å². The summed E-state index contributed by atoms with van der Waals surface area (Å²) in [5.41, 5.74) is 1.75. The van der Waals surface area contributed by atoms with E-state index in [-0.39, 0.29) is 18.1 Å². The summed E-state index contributed by atoms with van der Waals surface area (Å²) in [6.45, 7) is 3.83. The number of carbonyl (C=O) groups is 1. The van der Waals surface area contributed by atoms with Crippen LogP contribution in [0.4, 0.5) is 5.69 Å². The molecule has 2 atom stereocenters. The van der Waals surface area contributed by atoms with E-state index in [2.05, 4.69) is 10.6 Å². The summed E-state index contributed by atoms with van der Waals surface area (Å²) in [6.07, 6.45) is 9.87. The lowest BCUT2D eigenvalue weighted by Crippen LogP contribution is -2.42. The summed E-state index contributed by atoms with van der Waals surface area (Å²) in [7, 11) is 0. The lowest BCUT2D eigenvalue weighted by Gasteiger charge is -2.28. The molecule has 1 aromatic rings. The first-order chi connectivity index (χ1) is 13.7. The van der Waals surface area contributed by atoms with Crippen molar-refractivity contribution < 1.29 is 19.4 Å². The number of hydrogen-bond acceptors (Lipinski definition) is 5. The van der Waals surface area contributed by atoms with Crippen molar-refractivity contribution in [3.8, 4) is 11.5 Å². The Morgan fingerprint density at radius 1 is 1.21 bits per heavy atom. The van der Waals surface area contributed by atoms with Crippen molar-refractivity contribution in [3.63, 3.8) is 0 Å². The van der Waals surface area contributed by atoms with Crippen molar-refractivity contribution in [2.45, 2.75) is 64.0 Å². The number of aliphatic hydroxyl groups is 1. The van der Waals surface area contributed by atoms with Gasteiger partial charge in [0.05, 0.1) is 18.4 Å². The lowest BCUT2D eigenvalue weighted by atomic mass is 9.92. The minimum absolute atomic E-state index is 0.00998. The molecule has 0 bridgehead atoms. The number of carbonyl (C=O) groups excluding carboxylic acids is 1. The number of ether oxygens (including phenoxy) is 2. The zero-order valence-electron chi connectivity index (χ0n) is 16.7. The highest BCUT2D eigenvalue weighted by molar-refractivity contribution is 5.96. The Hall–Kier alpha value is -2.05. The van der Waals surface area contributed by atoms with Crippen LogP contribution in [-0.2, 0) is 11.2 Å². The van der Waals surface area contributed by atoms with E-state index in [4.69, 9.17) is 9.47 Å². The lowest BCUT2D eigenvalue weighted by molar-refractivity contribution is -0.116. The van der Waals surface area contributed by atoms with Crippen molar-refractivity contribution in [1.29, 1.82) is 0 Å². The predicted molar refractivity (Wildman–Crippen MR) is 110 cm³/mol. The molecule has 2 unspecified atom stereocenters. The third-order valence-electron chi connectivity index (χ3n) is 5.38. The fourth-order valence-corrected chi connectivity index (χ4v) is 3.81. The molecule has 1 saturated carbocycles. The quantitative estimate of drug-likeness (QED) is 0.447. The number of hydrogen-bond donors (Lipinski definition) is 3. The first kappa shape index (κ1) is 20.7. The zero-order chi connectivity index (χ0) is 19.8. The third kappa shape index (κ3) is 5.49. The summed E-state index contributed by atoms with van der Waals surface area (Å²) in [4.78, 5) is 11.8. The molecule has 6 nitrogen and oxygen atoms in total. The van der Waals surface area contributed by atoms with Crippen LogP contribution >= 0.6 is 0 Å². The van der Waals surface area contributed by atoms with Crippen LogP contribution in [0.3, 0.4) is 0 Å². The number of anilines is 1. The zero-order valence-corrected chi connectivity index (χ0v) is 16.7. The molecule has 0 aromatic heterocycles. The molecule has 0 spiro atoms. The molecular formula is C22H32N2O4. The number of fused-ring (bicyclic) bond motifs is 1. The van der Waals surface area contributed by atoms with E-state index >= 15 is 0 Å². The van der Waals surface area contributed by atoms with Crippen LogP contribution in [0.25, 0.3) is 0 Å². The second kappa shape index (κ2) is 10.5. The molecule has 1 heterocycles. The van der Waals surface area contributed by atoms with Crippen LogP contribution in [0.5, 0.6) is 11.5 Å². The Morgan fingerprint density at radius 2 is 2.04 bits per heavy atom. The molecule has 3 N–H and O–H groups in total. The van der Waals surface area contributed by atoms with Gasteiger partial charge in [0.25, 0.3) is 0 Å². The molecule has 1 aliphatic heterocycles. The second-order valence-electron chi connectivity index (χ2n) is 7.46. The maximum atomic E-state index is 11.8. The SMILES string of the molecule is CC=CCOc1ccc(OCCCNC2CCCCC2O)c2c1NC(=O)CC2. The van der Waals surface area contributed by atoms with E-state index in [1.54, 1.807) is 0 Å². The van der Waals surface area contributed by atoms with Crippen molar-refractivity contribution in [2.24, 2.45) is 0 Å². The summed E-state index contributed by atoms with van der Waals surface area (Å²) in [5, 5.41) is 16.4. The fraction of sp³-hybridized carbons (Fsp3) is 0.591. The molecule has 0 saturated heterocycles. The van der Waals surface area contributed by atoms with Gasteiger partial charge in [0.2, 0.25) is 5.91 Å². The van der Waals surface area contributed by atoms with Gasteiger partial charge in [-0.25, -0.2) is 0 Å². The number of benzene rings is 1. The molecule has 1 amide bonds. The van der Waals surface area contributed by atoms with Gasteiger partial charge >= 0.3 is 0 Å². The Morgan fingerprint density at radius 3 is 2.86 bits per heavy atom. The van der Waals surface area contributed by atoms with E-state index < -0.39 is 0 Å². The van der Waals surface area contributed by atoms with Crippen molar-refractivity contribution in [2.75, 3.05) is 25.1 Å². The van der Waals surface area contributed by atoms with E-state index in [1.165, 1.54) is 6.42 Å². The Bertz CT molecular complexity index is 689. The molecule has 28 heavy (non-hydrogen) atoms. The van der Waals surface area contributed by atoms with Gasteiger partial charge in [-0.05, 0) is 51.3 Å². The van der Waals surface area contributed by atoms with Gasteiger partial charge in [-0.2, -0.15) is 0 Å². The summed E-state index contributed by atoms with van der Waals surface area (Å²) >= 11 is 0. The van der Waals surface area contributed by atoms with Gasteiger partial charge in [0, 0.05) is 18.0 Å². The second-order valence-corrected chi connectivity index (χ2v) is 7.46. The van der Waals surface area contributed by atoms with Gasteiger partial charge < -0.3 is 25.2 Å². The third-order valence-corrected chi connectivity index (χ3v) is 5.38. The smallest absolute Gasteiger partial charge is 0.224 e. The normalized spacial score (nSPS) is 22.0. The topological polar surface area (TPSA) is 79.8 Å². The average Bonchev–Trinajstić information content (AvgIpc) is 2.70. The van der Waals surface area contributed by atoms with Crippen LogP contribution < -0.4 is 20.1 Å². The van der Waals surface area contributed by atoms with E-state index in [9.17, 15) is 9.90 Å². The number of allylic oxidation sites excluding steroid dienone is 1. The number of nitrogens with one attached hydrogen (secondary N) is 2. The minimum atomic E-state index is -0.222. The predicted octanol–water partition coefficient (Wildman–Crippen LogP) is 3.19. The molecule has 3 rings (SSSR count). The van der Waals surface area contributed by atoms with Gasteiger partial charge in [-0.15, -0.1) is 0 Å². The average molecular weight is 389 g/mol. The van der Waals surface area contributed by atoms with Crippen LogP contribution in [0.1, 0.15) is 51.0 Å². The van der Waals surface area contributed by atoms with Crippen molar-refractivity contribution in [3.05, 3.63) is 29.8 Å². The first-order valence-electron chi connectivity index (χ1n) is 10.4. The molecule has 154 valence electrons. The van der Waals surface area contributed by atoms with Crippen LogP contribution in [0, 0.1) is 0 Å². The van der Waals surface area contributed by atoms with E-state index in [1.807, 2.05) is 31.2 Å².